The highest BCUT2D eigenvalue weighted by Gasteiger charge is 2.37. The van der Waals surface area contributed by atoms with E-state index in [1.807, 2.05) is 35.4 Å². The molecule has 40 heavy (non-hydrogen) atoms. The van der Waals surface area contributed by atoms with Crippen molar-refractivity contribution >= 4 is 5.91 Å². The number of aromatic nitrogens is 2. The number of carbonyl (C=O) groups excluding carboxylic acids is 1. The molecule has 2 aromatic carbocycles. The number of methoxy groups -OCH3 is 2. The van der Waals surface area contributed by atoms with Crippen LogP contribution in [0.15, 0.2) is 54.9 Å². The molecule has 1 aliphatic heterocycles. The highest BCUT2D eigenvalue weighted by molar-refractivity contribution is 5.77. The Balaban J connectivity index is 1.45. The minimum atomic E-state index is -1.50. The molecule has 0 bridgehead atoms. The lowest BCUT2D eigenvalue weighted by Crippen LogP contribution is -2.52. The maximum Gasteiger partial charge on any atom is 0.248 e. The van der Waals surface area contributed by atoms with E-state index in [1.54, 1.807) is 18.0 Å². The molecule has 1 atom stereocenters. The molecule has 0 saturated carbocycles. The second kappa shape index (κ2) is 13.6. The van der Waals surface area contributed by atoms with Gasteiger partial charge in [-0.3, -0.25) is 14.4 Å². The van der Waals surface area contributed by atoms with Crippen molar-refractivity contribution in [1.29, 1.82) is 0 Å². The molecule has 1 aromatic heterocycles. The van der Waals surface area contributed by atoms with Crippen LogP contribution in [-0.2, 0) is 22.6 Å². The van der Waals surface area contributed by atoms with Crippen molar-refractivity contribution in [3.05, 3.63) is 72.1 Å². The minimum Gasteiger partial charge on any atom is -0.493 e. The molecule has 0 aliphatic carbocycles. The number of hydrogen-bond donors (Lipinski definition) is 1. The Hall–Kier alpha value is -3.74. The summed E-state index contributed by atoms with van der Waals surface area (Å²) in [6.07, 6.45) is 3.57. The van der Waals surface area contributed by atoms with Crippen molar-refractivity contribution in [3.8, 4) is 17.2 Å². The fourth-order valence-electron chi connectivity index (χ4n) is 4.55. The Morgan fingerprint density at radius 1 is 1.05 bits per heavy atom. The monoisotopic (exact) mass is 560 g/mol. The van der Waals surface area contributed by atoms with Gasteiger partial charge in [0, 0.05) is 51.7 Å². The number of rotatable bonds is 12. The van der Waals surface area contributed by atoms with Crippen LogP contribution in [0.3, 0.4) is 0 Å². The van der Waals surface area contributed by atoms with E-state index >= 15 is 0 Å². The van der Waals surface area contributed by atoms with Crippen molar-refractivity contribution in [2.24, 2.45) is 0 Å². The molecular formula is C28H34F2N4O6. The Kier molecular flexibility index (Phi) is 9.91. The first-order valence-electron chi connectivity index (χ1n) is 12.8. The van der Waals surface area contributed by atoms with Crippen LogP contribution in [0, 0.1) is 11.6 Å². The molecule has 0 unspecified atom stereocenters. The predicted octanol–water partition coefficient (Wildman–Crippen LogP) is 2.35. The van der Waals surface area contributed by atoms with E-state index < -0.39 is 17.2 Å². The first kappa shape index (κ1) is 29.2. The Bertz CT molecular complexity index is 1260. The van der Waals surface area contributed by atoms with Crippen molar-refractivity contribution in [2.75, 3.05) is 60.2 Å². The van der Waals surface area contributed by atoms with Gasteiger partial charge in [0.05, 0.1) is 20.2 Å². The van der Waals surface area contributed by atoms with E-state index in [-0.39, 0.29) is 38.0 Å². The van der Waals surface area contributed by atoms with Crippen LogP contribution in [0.25, 0.3) is 0 Å². The van der Waals surface area contributed by atoms with Gasteiger partial charge in [0.25, 0.3) is 0 Å². The van der Waals surface area contributed by atoms with Gasteiger partial charge < -0.3 is 29.0 Å². The quantitative estimate of drug-likeness (QED) is 0.361. The molecule has 4 rings (SSSR count). The third kappa shape index (κ3) is 7.90. The summed E-state index contributed by atoms with van der Waals surface area (Å²) in [6, 6.07) is 10.6. The molecule has 12 heteroatoms. The molecule has 2 heterocycles. The van der Waals surface area contributed by atoms with Crippen molar-refractivity contribution in [1.82, 2.24) is 19.6 Å². The van der Waals surface area contributed by atoms with Gasteiger partial charge in [-0.2, -0.15) is 5.10 Å². The molecule has 1 aliphatic rings. The van der Waals surface area contributed by atoms with Crippen LogP contribution < -0.4 is 14.2 Å². The molecule has 1 fully saturated rings. The van der Waals surface area contributed by atoms with Crippen LogP contribution in [0.2, 0.25) is 0 Å². The van der Waals surface area contributed by atoms with Gasteiger partial charge in [-0.15, -0.1) is 0 Å². The lowest BCUT2D eigenvalue weighted by molar-refractivity contribution is -0.138. The van der Waals surface area contributed by atoms with Crippen molar-refractivity contribution < 1.29 is 37.6 Å². The summed E-state index contributed by atoms with van der Waals surface area (Å²) in [5, 5.41) is 15.7. The fraction of sp³-hybridized carbons (Fsp3) is 0.429. The number of nitrogens with zero attached hydrogens (tertiary/aromatic N) is 4. The standard InChI is InChI=1S/C28H34F2N4O6/c1-37-17-27(35)33-11-10-32(18-28(36,19-33)20-40-22-5-6-23(29)24(30)15-22)16-21-4-7-25(26(14-21)38-2)39-13-12-34-9-3-8-31-34/h3-9,14-15,36H,10-13,16-20H2,1-2H3/t28-/m0/s1. The van der Waals surface area contributed by atoms with E-state index in [4.69, 9.17) is 18.9 Å². The van der Waals surface area contributed by atoms with Crippen LogP contribution in [0.1, 0.15) is 5.56 Å². The maximum absolute atomic E-state index is 13.7. The summed E-state index contributed by atoms with van der Waals surface area (Å²) in [5.41, 5.74) is -0.582. The van der Waals surface area contributed by atoms with E-state index in [0.717, 1.165) is 17.7 Å². The molecule has 3 aromatic rings. The summed E-state index contributed by atoms with van der Waals surface area (Å²) >= 11 is 0. The third-order valence-corrected chi connectivity index (χ3v) is 6.48. The fourth-order valence-corrected chi connectivity index (χ4v) is 4.55. The van der Waals surface area contributed by atoms with Crippen molar-refractivity contribution in [2.45, 2.75) is 18.7 Å². The number of β-amino-alcohol motifs (C(OH)–C–C–N with tert-alkyl or cyclic N) is 1. The number of ether oxygens (including phenoxy) is 4. The molecule has 0 spiro atoms. The van der Waals surface area contributed by atoms with Gasteiger partial charge >= 0.3 is 0 Å². The smallest absolute Gasteiger partial charge is 0.248 e. The Morgan fingerprint density at radius 2 is 1.90 bits per heavy atom. The average Bonchev–Trinajstić information content (AvgIpc) is 3.40. The zero-order valence-corrected chi connectivity index (χ0v) is 22.6. The molecular weight excluding hydrogens is 526 g/mol. The number of amides is 1. The molecule has 216 valence electrons. The Morgan fingerprint density at radius 3 is 2.62 bits per heavy atom. The van der Waals surface area contributed by atoms with E-state index in [0.29, 0.717) is 44.3 Å². The minimum absolute atomic E-state index is 0.0122. The largest absolute Gasteiger partial charge is 0.493 e. The molecule has 1 N–H and O–H groups in total. The number of halogens is 2. The average molecular weight is 561 g/mol. The van der Waals surface area contributed by atoms with Crippen LogP contribution in [-0.4, -0.2) is 96.4 Å². The normalized spacial score (nSPS) is 17.9. The van der Waals surface area contributed by atoms with Gasteiger partial charge in [0.15, 0.2) is 23.1 Å². The first-order chi connectivity index (χ1) is 19.3. The molecule has 1 saturated heterocycles. The topological polar surface area (TPSA) is 98.5 Å². The lowest BCUT2D eigenvalue weighted by atomic mass is 10.0. The molecule has 1 amide bonds. The summed E-state index contributed by atoms with van der Waals surface area (Å²) in [7, 11) is 3.00. The number of hydrogen-bond acceptors (Lipinski definition) is 8. The van der Waals surface area contributed by atoms with Gasteiger partial charge in [-0.1, -0.05) is 6.07 Å². The van der Waals surface area contributed by atoms with Crippen LogP contribution in [0.5, 0.6) is 17.2 Å². The SMILES string of the molecule is COCC(=O)N1CCN(Cc2ccc(OCCn3cccn3)c(OC)c2)C[C@@](O)(COc2ccc(F)c(F)c2)C1. The summed E-state index contributed by atoms with van der Waals surface area (Å²) in [5.74, 6) is -1.07. The lowest BCUT2D eigenvalue weighted by Gasteiger charge is -2.33. The first-order valence-corrected chi connectivity index (χ1v) is 12.8. The second-order valence-electron chi connectivity index (χ2n) is 9.65. The number of carbonyl (C=O) groups is 1. The van der Waals surface area contributed by atoms with Gasteiger partial charge in [-0.05, 0) is 35.9 Å². The molecule has 0 radical (unpaired) electrons. The zero-order valence-electron chi connectivity index (χ0n) is 22.6. The maximum atomic E-state index is 13.7. The van der Waals surface area contributed by atoms with Gasteiger partial charge in [0.1, 0.15) is 31.2 Å². The predicted molar refractivity (Wildman–Crippen MR) is 141 cm³/mol. The van der Waals surface area contributed by atoms with Crippen LogP contribution in [0.4, 0.5) is 8.78 Å². The van der Waals surface area contributed by atoms with E-state index in [2.05, 4.69) is 5.10 Å². The third-order valence-electron chi connectivity index (χ3n) is 6.48. The van der Waals surface area contributed by atoms with E-state index in [1.165, 1.54) is 18.1 Å². The number of aliphatic hydroxyl groups is 1. The summed E-state index contributed by atoms with van der Waals surface area (Å²) < 4.78 is 50.9. The second-order valence-corrected chi connectivity index (χ2v) is 9.65. The Labute approximate surface area is 231 Å². The van der Waals surface area contributed by atoms with E-state index in [9.17, 15) is 18.7 Å². The highest BCUT2D eigenvalue weighted by atomic mass is 19.2. The summed E-state index contributed by atoms with van der Waals surface area (Å²) in [4.78, 5) is 16.2. The van der Waals surface area contributed by atoms with Gasteiger partial charge in [-0.25, -0.2) is 8.78 Å². The number of benzene rings is 2. The van der Waals surface area contributed by atoms with Crippen molar-refractivity contribution in [3.63, 3.8) is 0 Å². The highest BCUT2D eigenvalue weighted by Crippen LogP contribution is 2.29. The molecule has 10 nitrogen and oxygen atoms in total. The summed E-state index contributed by atoms with van der Waals surface area (Å²) in [6.45, 7) is 2.09. The van der Waals surface area contributed by atoms with Crippen LogP contribution >= 0.6 is 0 Å². The van der Waals surface area contributed by atoms with Gasteiger partial charge in [0.2, 0.25) is 5.91 Å². The zero-order chi connectivity index (χ0) is 28.5.